The number of nitrogens with one attached hydrogen (secondary N) is 1. The second-order valence-corrected chi connectivity index (χ2v) is 6.78. The van der Waals surface area contributed by atoms with E-state index in [2.05, 4.69) is 5.32 Å². The van der Waals surface area contributed by atoms with E-state index in [0.29, 0.717) is 28.0 Å². The molecule has 0 radical (unpaired) electrons. The van der Waals surface area contributed by atoms with Crippen molar-refractivity contribution in [3.8, 4) is 17.2 Å². The van der Waals surface area contributed by atoms with Crippen molar-refractivity contribution in [2.45, 2.75) is 12.5 Å². The lowest BCUT2D eigenvalue weighted by molar-refractivity contribution is -0.121. The predicted molar refractivity (Wildman–Crippen MR) is 98.3 cm³/mol. The fourth-order valence-corrected chi connectivity index (χ4v) is 3.63. The first kappa shape index (κ1) is 17.0. The van der Waals surface area contributed by atoms with Crippen LogP contribution in [0.1, 0.15) is 17.2 Å². The van der Waals surface area contributed by atoms with E-state index in [4.69, 9.17) is 25.8 Å². The van der Waals surface area contributed by atoms with E-state index >= 15 is 0 Å². The number of hydrogen-bond donors (Lipinski definition) is 1. The number of benzene rings is 2. The number of halogens is 1. The molecule has 4 rings (SSSR count). The van der Waals surface area contributed by atoms with Gasteiger partial charge in [0.2, 0.25) is 18.4 Å². The molecule has 2 aliphatic rings. The molecule has 0 saturated heterocycles. The fourth-order valence-electron chi connectivity index (χ4n) is 3.51. The molecule has 26 heavy (non-hydrogen) atoms. The van der Waals surface area contributed by atoms with Gasteiger partial charge < -0.3 is 19.5 Å². The quantitative estimate of drug-likeness (QED) is 0.893. The Labute approximate surface area is 156 Å². The smallest absolute Gasteiger partial charge is 0.246 e. The number of likely N-dealkylation sites (N-methyl/N-ethyl adjacent to an activating group) is 1. The number of ether oxygens (including phenoxy) is 3. The van der Waals surface area contributed by atoms with Crippen molar-refractivity contribution < 1.29 is 19.0 Å². The first-order valence-electron chi connectivity index (χ1n) is 8.34. The third-order valence-corrected chi connectivity index (χ3v) is 5.01. The van der Waals surface area contributed by atoms with Crippen molar-refractivity contribution in [2.75, 3.05) is 32.8 Å². The molecule has 0 aromatic heterocycles. The average Bonchev–Trinajstić information content (AvgIpc) is 3.10. The molecule has 1 atom stereocenters. The predicted octanol–water partition coefficient (Wildman–Crippen LogP) is 3.25. The topological polar surface area (TPSA) is 60.0 Å². The number of hydrogen-bond acceptors (Lipinski definition) is 5. The molecule has 6 nitrogen and oxygen atoms in total. The van der Waals surface area contributed by atoms with Gasteiger partial charge in [0.25, 0.3) is 0 Å². The number of carbonyl (C=O) groups is 1. The van der Waals surface area contributed by atoms with Crippen molar-refractivity contribution in [3.05, 3.63) is 46.5 Å². The van der Waals surface area contributed by atoms with Crippen LogP contribution in [0.15, 0.2) is 30.3 Å². The summed E-state index contributed by atoms with van der Waals surface area (Å²) in [7, 11) is 3.51. The number of anilines is 1. The van der Waals surface area contributed by atoms with Crippen molar-refractivity contribution in [3.63, 3.8) is 0 Å². The van der Waals surface area contributed by atoms with E-state index in [-0.39, 0.29) is 12.7 Å². The van der Waals surface area contributed by atoms with Gasteiger partial charge in [-0.3, -0.25) is 9.69 Å². The molecule has 0 bridgehead atoms. The summed E-state index contributed by atoms with van der Waals surface area (Å²) in [5, 5.41) is 3.59. The van der Waals surface area contributed by atoms with Gasteiger partial charge in [-0.1, -0.05) is 11.6 Å². The van der Waals surface area contributed by atoms with Crippen LogP contribution in [-0.2, 0) is 11.2 Å². The molecule has 0 unspecified atom stereocenters. The van der Waals surface area contributed by atoms with Gasteiger partial charge in [0.1, 0.15) is 6.04 Å². The Morgan fingerprint density at radius 1 is 1.31 bits per heavy atom. The number of rotatable bonds is 3. The van der Waals surface area contributed by atoms with E-state index in [9.17, 15) is 4.79 Å². The maximum atomic E-state index is 13.1. The molecule has 2 aliphatic heterocycles. The normalized spacial score (nSPS) is 18.3. The molecule has 1 N–H and O–H groups in total. The zero-order valence-electron chi connectivity index (χ0n) is 14.5. The van der Waals surface area contributed by atoms with Crippen LogP contribution in [0.3, 0.4) is 0 Å². The van der Waals surface area contributed by atoms with Gasteiger partial charge in [-0.2, -0.15) is 0 Å². The minimum Gasteiger partial charge on any atom is -0.492 e. The largest absolute Gasteiger partial charge is 0.492 e. The van der Waals surface area contributed by atoms with Crippen molar-refractivity contribution in [1.82, 2.24) is 4.90 Å². The SMILES string of the molecule is COc1c2c(cc3c1[C@@H](C(=O)Nc1ccc(Cl)cc1)N(C)CC3)OCO2. The highest BCUT2D eigenvalue weighted by molar-refractivity contribution is 6.30. The molecule has 2 heterocycles. The lowest BCUT2D eigenvalue weighted by Crippen LogP contribution is -2.39. The van der Waals surface area contributed by atoms with Crippen LogP contribution in [0.2, 0.25) is 5.02 Å². The van der Waals surface area contributed by atoms with Crippen molar-refractivity contribution >= 4 is 23.2 Å². The molecule has 2 aromatic carbocycles. The molecule has 0 saturated carbocycles. The molecule has 0 fully saturated rings. The Hall–Kier alpha value is -2.44. The monoisotopic (exact) mass is 374 g/mol. The van der Waals surface area contributed by atoms with Gasteiger partial charge in [0, 0.05) is 22.8 Å². The number of nitrogens with zero attached hydrogens (tertiary/aromatic N) is 1. The molecule has 136 valence electrons. The summed E-state index contributed by atoms with van der Waals surface area (Å²) >= 11 is 5.92. The maximum absolute atomic E-state index is 13.1. The van der Waals surface area contributed by atoms with Crippen LogP contribution in [0.4, 0.5) is 5.69 Å². The van der Waals surface area contributed by atoms with Crippen LogP contribution in [0, 0.1) is 0 Å². The van der Waals surface area contributed by atoms with Crippen molar-refractivity contribution in [1.29, 1.82) is 0 Å². The van der Waals surface area contributed by atoms with E-state index in [1.54, 1.807) is 31.4 Å². The average molecular weight is 375 g/mol. The Morgan fingerprint density at radius 2 is 2.08 bits per heavy atom. The number of amides is 1. The second-order valence-electron chi connectivity index (χ2n) is 6.35. The van der Waals surface area contributed by atoms with Gasteiger partial charge in [0.05, 0.1) is 7.11 Å². The molecule has 1 amide bonds. The van der Waals surface area contributed by atoms with Crippen LogP contribution in [0.5, 0.6) is 17.2 Å². The van der Waals surface area contributed by atoms with Gasteiger partial charge in [-0.15, -0.1) is 0 Å². The minimum atomic E-state index is -0.487. The number of methoxy groups -OCH3 is 1. The molecular formula is C19H19ClN2O4. The van der Waals surface area contributed by atoms with E-state index in [0.717, 1.165) is 24.1 Å². The van der Waals surface area contributed by atoms with E-state index in [1.165, 1.54) is 0 Å². The molecule has 0 aliphatic carbocycles. The zero-order valence-corrected chi connectivity index (χ0v) is 15.3. The summed E-state index contributed by atoms with van der Waals surface area (Å²) in [6.45, 7) is 0.917. The second kappa shape index (κ2) is 6.70. The maximum Gasteiger partial charge on any atom is 0.246 e. The van der Waals surface area contributed by atoms with Gasteiger partial charge >= 0.3 is 0 Å². The first-order valence-corrected chi connectivity index (χ1v) is 8.72. The summed E-state index contributed by atoms with van der Waals surface area (Å²) in [5.41, 5.74) is 2.57. The summed E-state index contributed by atoms with van der Waals surface area (Å²) < 4.78 is 16.7. The number of carbonyl (C=O) groups excluding carboxylic acids is 1. The highest BCUT2D eigenvalue weighted by Gasteiger charge is 2.37. The number of fused-ring (bicyclic) bond motifs is 2. The third kappa shape index (κ3) is 2.85. The Bertz CT molecular complexity index is 854. The first-order chi connectivity index (χ1) is 12.6. The minimum absolute atomic E-state index is 0.132. The molecule has 0 spiro atoms. The van der Waals surface area contributed by atoms with E-state index < -0.39 is 6.04 Å². The Balaban J connectivity index is 1.73. The summed E-state index contributed by atoms with van der Waals surface area (Å²) in [4.78, 5) is 15.1. The fraction of sp³-hybridized carbons (Fsp3) is 0.316. The van der Waals surface area contributed by atoms with Crippen LogP contribution in [0.25, 0.3) is 0 Å². The van der Waals surface area contributed by atoms with Gasteiger partial charge in [-0.05, 0) is 49.4 Å². The summed E-state index contributed by atoms with van der Waals surface area (Å²) in [6.07, 6.45) is 0.809. The summed E-state index contributed by atoms with van der Waals surface area (Å²) in [6, 6.07) is 8.51. The third-order valence-electron chi connectivity index (χ3n) is 4.76. The summed E-state index contributed by atoms with van der Waals surface area (Å²) in [5.74, 6) is 1.67. The Morgan fingerprint density at radius 3 is 2.81 bits per heavy atom. The molecule has 7 heteroatoms. The molecule has 2 aromatic rings. The lowest BCUT2D eigenvalue weighted by atomic mass is 9.90. The van der Waals surface area contributed by atoms with Gasteiger partial charge in [0.15, 0.2) is 11.5 Å². The van der Waals surface area contributed by atoms with E-state index in [1.807, 2.05) is 18.0 Å². The van der Waals surface area contributed by atoms with Gasteiger partial charge in [-0.25, -0.2) is 0 Å². The van der Waals surface area contributed by atoms with Crippen LogP contribution >= 0.6 is 11.6 Å². The zero-order chi connectivity index (χ0) is 18.3. The molecular weight excluding hydrogens is 356 g/mol. The Kier molecular flexibility index (Phi) is 4.38. The highest BCUT2D eigenvalue weighted by Crippen LogP contribution is 2.49. The van der Waals surface area contributed by atoms with Crippen LogP contribution in [-0.4, -0.2) is 38.3 Å². The van der Waals surface area contributed by atoms with Crippen molar-refractivity contribution in [2.24, 2.45) is 0 Å². The lowest BCUT2D eigenvalue weighted by Gasteiger charge is -2.34. The highest BCUT2D eigenvalue weighted by atomic mass is 35.5. The standard InChI is InChI=1S/C19H19ClN2O4/c1-22-8-7-11-9-14-17(26-10-25-14)18(24-2)15(11)16(22)19(23)21-13-5-3-12(20)4-6-13/h3-6,9,16H,7-8,10H2,1-2H3,(H,21,23)/t16-/m0/s1. The van der Waals surface area contributed by atoms with Crippen LogP contribution < -0.4 is 19.5 Å².